The van der Waals surface area contributed by atoms with E-state index in [1.807, 2.05) is 0 Å². The molecule has 1 aliphatic rings. The molecule has 0 spiro atoms. The maximum Gasteiger partial charge on any atom is 0.276 e. The van der Waals surface area contributed by atoms with E-state index in [0.29, 0.717) is 11.3 Å². The number of aromatic nitrogens is 1. The minimum atomic E-state index is -1.56. The number of benzene rings is 1. The highest BCUT2D eigenvalue weighted by atomic mass is 32.2. The van der Waals surface area contributed by atoms with Crippen molar-refractivity contribution in [2.75, 3.05) is 11.9 Å². The summed E-state index contributed by atoms with van der Waals surface area (Å²) in [7, 11) is 0.0715. The number of aryl methyl sites for hydroxylation is 1. The largest absolute Gasteiger partial charge is 0.488 e. The number of ether oxygens (including phenoxy) is 1. The van der Waals surface area contributed by atoms with E-state index in [-0.39, 0.29) is 35.3 Å². The van der Waals surface area contributed by atoms with Crippen molar-refractivity contribution in [1.82, 2.24) is 9.29 Å². The number of nitrogens with zero attached hydrogens (tertiary/aromatic N) is 2. The number of rotatable bonds is 3. The summed E-state index contributed by atoms with van der Waals surface area (Å²) in [6, 6.07) is 5.19. The molecule has 2 heterocycles. The number of carbonyl (C=O) groups is 1. The predicted octanol–water partition coefficient (Wildman–Crippen LogP) is 2.07. The molecule has 1 amide bonds. The molecule has 0 saturated heterocycles. The second kappa shape index (κ2) is 8.26. The summed E-state index contributed by atoms with van der Waals surface area (Å²) in [5, 5.41) is 11.6. The molecule has 7 nitrogen and oxygen atoms in total. The third-order valence-electron chi connectivity index (χ3n) is 4.09. The average molecular weight is 400 g/mol. The van der Waals surface area contributed by atoms with Crippen molar-refractivity contribution in [2.45, 2.75) is 24.3 Å². The zero-order valence-electron chi connectivity index (χ0n) is 15.2. The Morgan fingerprint density at radius 1 is 1.54 bits per heavy atom. The highest BCUT2D eigenvalue weighted by Gasteiger charge is 2.30. The van der Waals surface area contributed by atoms with E-state index >= 15 is 0 Å². The van der Waals surface area contributed by atoms with E-state index in [4.69, 9.17) is 10.00 Å². The third kappa shape index (κ3) is 3.91. The zero-order valence-corrected chi connectivity index (χ0v) is 16.0. The number of amides is 1. The lowest BCUT2D eigenvalue weighted by atomic mass is 10.2. The van der Waals surface area contributed by atoms with Crippen LogP contribution in [0.15, 0.2) is 29.3 Å². The van der Waals surface area contributed by atoms with Crippen molar-refractivity contribution in [2.24, 2.45) is 7.05 Å². The highest BCUT2D eigenvalue weighted by Crippen LogP contribution is 2.31. The summed E-state index contributed by atoms with van der Waals surface area (Å²) in [4.78, 5) is 13.2. The van der Waals surface area contributed by atoms with Crippen LogP contribution >= 0.6 is 0 Å². The second-order valence-electron chi connectivity index (χ2n) is 6.07. The molecular formula is C19H17FN4O3S. The van der Waals surface area contributed by atoms with Gasteiger partial charge in [0.25, 0.3) is 5.91 Å². The van der Waals surface area contributed by atoms with Crippen molar-refractivity contribution in [3.05, 3.63) is 41.5 Å². The van der Waals surface area contributed by atoms with Gasteiger partial charge in [0.05, 0.1) is 11.6 Å². The number of nitriles is 1. The van der Waals surface area contributed by atoms with Crippen LogP contribution in [0.1, 0.15) is 29.4 Å². The lowest BCUT2D eigenvalue weighted by molar-refractivity contribution is 0.101. The van der Waals surface area contributed by atoms with Crippen LogP contribution in [0.25, 0.3) is 0 Å². The molecule has 0 radical (unpaired) electrons. The van der Waals surface area contributed by atoms with Crippen LogP contribution in [0, 0.1) is 29.0 Å². The van der Waals surface area contributed by atoms with Crippen LogP contribution in [-0.2, 0) is 18.0 Å². The molecule has 1 aromatic carbocycles. The number of carbonyl (C=O) groups excluding carboxylic acids is 1. The molecule has 9 heteroatoms. The number of halogens is 1. The molecule has 0 aliphatic carbocycles. The fourth-order valence-corrected chi connectivity index (χ4v) is 3.91. The highest BCUT2D eigenvalue weighted by molar-refractivity contribution is 7.83. The third-order valence-corrected chi connectivity index (χ3v) is 5.33. The fraction of sp³-hybridized carbons (Fsp3) is 0.263. The summed E-state index contributed by atoms with van der Waals surface area (Å²) in [5.74, 6) is 4.73. The van der Waals surface area contributed by atoms with Gasteiger partial charge in [-0.3, -0.25) is 4.79 Å². The molecule has 2 atom stereocenters. The Labute approximate surface area is 164 Å². The first-order valence-electron chi connectivity index (χ1n) is 8.35. The van der Waals surface area contributed by atoms with Crippen LogP contribution in [0.3, 0.4) is 0 Å². The maximum atomic E-state index is 13.5. The molecule has 1 aromatic heterocycles. The molecule has 1 aliphatic heterocycles. The Morgan fingerprint density at radius 3 is 3.04 bits per heavy atom. The standard InChI is InChI=1S/C19H17FN4O3S/c1-3-4-5-14-11-27-18-16(28(26)23-14)10-24(2)17(18)19(25)22-13-6-7-15(20)12(8-13)9-21/h6-8,10,14,23H,5,11H2,1-2H3,(H,22,25). The number of anilines is 1. The topological polar surface area (TPSA) is 96.2 Å². The van der Waals surface area contributed by atoms with Crippen molar-refractivity contribution >= 4 is 22.6 Å². The number of nitrogens with one attached hydrogen (secondary N) is 2. The van der Waals surface area contributed by atoms with Gasteiger partial charge in [-0.25, -0.2) is 13.3 Å². The van der Waals surface area contributed by atoms with Crippen LogP contribution in [0.4, 0.5) is 10.1 Å². The zero-order chi connectivity index (χ0) is 20.3. The normalized spacial score (nSPS) is 17.9. The van der Waals surface area contributed by atoms with E-state index in [1.54, 1.807) is 26.2 Å². The lowest BCUT2D eigenvalue weighted by Gasteiger charge is -2.13. The molecule has 144 valence electrons. The number of hydrogen-bond donors (Lipinski definition) is 2. The monoisotopic (exact) mass is 400 g/mol. The van der Waals surface area contributed by atoms with Crippen molar-refractivity contribution < 1.29 is 18.1 Å². The number of fused-ring (bicyclic) bond motifs is 1. The van der Waals surface area contributed by atoms with Gasteiger partial charge in [0.15, 0.2) is 11.4 Å². The molecular weight excluding hydrogens is 383 g/mol. The van der Waals surface area contributed by atoms with Gasteiger partial charge in [-0.05, 0) is 25.1 Å². The Balaban J connectivity index is 1.88. The SMILES string of the molecule is CC#CCC1COc2c(cn(C)c2C(=O)Nc2ccc(F)c(C#N)c2)S(=O)N1. The van der Waals surface area contributed by atoms with E-state index in [9.17, 15) is 13.4 Å². The molecule has 2 unspecified atom stereocenters. The Bertz CT molecular complexity index is 1060. The summed E-state index contributed by atoms with van der Waals surface area (Å²) in [6.07, 6.45) is 2.03. The summed E-state index contributed by atoms with van der Waals surface area (Å²) >= 11 is 0. The van der Waals surface area contributed by atoms with E-state index in [1.165, 1.54) is 16.7 Å². The average Bonchev–Trinajstić information content (AvgIpc) is 2.93. The first-order chi connectivity index (χ1) is 13.4. The Hall–Kier alpha value is -3.14. The molecule has 2 aromatic rings. The minimum Gasteiger partial charge on any atom is -0.488 e. The van der Waals surface area contributed by atoms with Gasteiger partial charge in [-0.2, -0.15) is 5.26 Å². The molecule has 28 heavy (non-hydrogen) atoms. The molecule has 2 N–H and O–H groups in total. The van der Waals surface area contributed by atoms with Gasteiger partial charge in [-0.1, -0.05) is 0 Å². The van der Waals surface area contributed by atoms with Crippen molar-refractivity contribution in [3.63, 3.8) is 0 Å². The van der Waals surface area contributed by atoms with Gasteiger partial charge < -0.3 is 14.6 Å². The first kappa shape index (κ1) is 19.6. The fourth-order valence-electron chi connectivity index (χ4n) is 2.75. The summed E-state index contributed by atoms with van der Waals surface area (Å²) in [6.45, 7) is 1.92. The van der Waals surface area contributed by atoms with Crippen LogP contribution < -0.4 is 14.8 Å². The lowest BCUT2D eigenvalue weighted by Crippen LogP contribution is -2.33. The van der Waals surface area contributed by atoms with Gasteiger partial charge in [-0.15, -0.1) is 11.8 Å². The Kier molecular flexibility index (Phi) is 5.78. The van der Waals surface area contributed by atoms with E-state index in [2.05, 4.69) is 21.9 Å². The van der Waals surface area contributed by atoms with Crippen LogP contribution in [0.5, 0.6) is 5.75 Å². The number of hydrogen-bond acceptors (Lipinski definition) is 4. The van der Waals surface area contributed by atoms with E-state index in [0.717, 1.165) is 6.07 Å². The van der Waals surface area contributed by atoms with Crippen LogP contribution in [-0.4, -0.2) is 27.3 Å². The first-order valence-corrected chi connectivity index (χ1v) is 9.50. The van der Waals surface area contributed by atoms with Gasteiger partial charge in [0.1, 0.15) is 34.4 Å². The summed E-state index contributed by atoms with van der Waals surface area (Å²) < 4.78 is 36.3. The molecule has 0 saturated carbocycles. The van der Waals surface area contributed by atoms with Gasteiger partial charge in [0, 0.05) is 25.4 Å². The van der Waals surface area contributed by atoms with Crippen molar-refractivity contribution in [1.29, 1.82) is 5.26 Å². The van der Waals surface area contributed by atoms with Crippen LogP contribution in [0.2, 0.25) is 0 Å². The summed E-state index contributed by atoms with van der Waals surface area (Å²) in [5.41, 5.74) is 0.266. The maximum absolute atomic E-state index is 13.5. The van der Waals surface area contributed by atoms with Crippen molar-refractivity contribution in [3.8, 4) is 23.7 Å². The molecule has 0 bridgehead atoms. The predicted molar refractivity (Wildman–Crippen MR) is 101 cm³/mol. The smallest absolute Gasteiger partial charge is 0.276 e. The quantitative estimate of drug-likeness (QED) is 0.771. The molecule has 3 rings (SSSR count). The second-order valence-corrected chi connectivity index (χ2v) is 7.28. The van der Waals surface area contributed by atoms with E-state index < -0.39 is 22.7 Å². The van der Waals surface area contributed by atoms with Gasteiger partial charge >= 0.3 is 0 Å². The van der Waals surface area contributed by atoms with Gasteiger partial charge in [0.2, 0.25) is 0 Å². The molecule has 0 fully saturated rings. The minimum absolute atomic E-state index is 0.176. The Morgan fingerprint density at radius 2 is 2.32 bits per heavy atom.